The molecule has 34 heavy (non-hydrogen) atoms. The zero-order chi connectivity index (χ0) is 24.5. The van der Waals surface area contributed by atoms with Crippen LogP contribution in [0.2, 0.25) is 5.02 Å². The first kappa shape index (κ1) is 24.8. The van der Waals surface area contributed by atoms with Crippen LogP contribution in [0.1, 0.15) is 22.5 Å². The van der Waals surface area contributed by atoms with Gasteiger partial charge in [0, 0.05) is 36.9 Å². The fourth-order valence-electron chi connectivity index (χ4n) is 2.92. The predicted molar refractivity (Wildman–Crippen MR) is 134 cm³/mol. The molecule has 0 unspecified atom stereocenters. The Morgan fingerprint density at radius 2 is 1.79 bits per heavy atom. The van der Waals surface area contributed by atoms with Crippen LogP contribution in [0, 0.1) is 6.92 Å². The van der Waals surface area contributed by atoms with Crippen molar-refractivity contribution >= 4 is 40.7 Å². The molecule has 0 spiro atoms. The number of urea groups is 1. The van der Waals surface area contributed by atoms with Gasteiger partial charge in [0.1, 0.15) is 5.75 Å². The van der Waals surface area contributed by atoms with Gasteiger partial charge in [-0.3, -0.25) is 15.1 Å². The van der Waals surface area contributed by atoms with Gasteiger partial charge in [-0.15, -0.1) is 0 Å². The molecule has 0 radical (unpaired) electrons. The van der Waals surface area contributed by atoms with Gasteiger partial charge in [-0.2, -0.15) is 0 Å². The van der Waals surface area contributed by atoms with Crippen molar-refractivity contribution in [3.63, 3.8) is 0 Å². The van der Waals surface area contributed by atoms with Gasteiger partial charge in [0.05, 0.1) is 30.4 Å². The molecule has 0 bridgehead atoms. The summed E-state index contributed by atoms with van der Waals surface area (Å²) < 4.78 is 5.80. The Balaban J connectivity index is 1.47. The second-order valence-corrected chi connectivity index (χ2v) is 8.10. The van der Waals surface area contributed by atoms with E-state index >= 15 is 0 Å². The molecule has 178 valence electrons. The van der Waals surface area contributed by atoms with Gasteiger partial charge in [0.25, 0.3) is 5.91 Å². The van der Waals surface area contributed by atoms with Crippen molar-refractivity contribution in [2.24, 2.45) is 0 Å². The summed E-state index contributed by atoms with van der Waals surface area (Å²) in [7, 11) is 3.89. The lowest BCUT2D eigenvalue weighted by molar-refractivity contribution is 0.0951. The summed E-state index contributed by atoms with van der Waals surface area (Å²) in [6, 6.07) is 11.8. The van der Waals surface area contributed by atoms with Crippen molar-refractivity contribution in [3.05, 3.63) is 71.1 Å². The van der Waals surface area contributed by atoms with E-state index in [0.29, 0.717) is 47.4 Å². The molecule has 0 saturated heterocycles. The fourth-order valence-corrected chi connectivity index (χ4v) is 3.09. The normalized spacial score (nSPS) is 10.4. The highest BCUT2D eigenvalue weighted by atomic mass is 35.5. The molecule has 0 aliphatic carbocycles. The molecule has 3 rings (SSSR count). The molecule has 10 heteroatoms. The lowest BCUT2D eigenvalue weighted by Crippen LogP contribution is -2.25. The van der Waals surface area contributed by atoms with Crippen LogP contribution in [-0.2, 0) is 0 Å². The van der Waals surface area contributed by atoms with Gasteiger partial charge in [0.15, 0.2) is 5.82 Å². The molecule has 1 aromatic heterocycles. The molecule has 0 saturated carbocycles. The highest BCUT2D eigenvalue weighted by Crippen LogP contribution is 2.28. The van der Waals surface area contributed by atoms with Crippen LogP contribution in [-0.4, -0.2) is 49.2 Å². The Bertz CT molecular complexity index is 1120. The van der Waals surface area contributed by atoms with Crippen molar-refractivity contribution in [2.45, 2.75) is 13.3 Å². The van der Waals surface area contributed by atoms with E-state index in [1.165, 1.54) is 6.20 Å². The van der Waals surface area contributed by atoms with E-state index in [2.05, 4.69) is 25.9 Å². The minimum atomic E-state index is -0.502. The van der Waals surface area contributed by atoms with E-state index in [1.54, 1.807) is 43.5 Å². The van der Waals surface area contributed by atoms with Crippen LogP contribution >= 0.6 is 11.6 Å². The maximum atomic E-state index is 12.3. The number of hydrogen-bond donors (Lipinski definition) is 3. The predicted octanol–water partition coefficient (Wildman–Crippen LogP) is 4.35. The zero-order valence-corrected chi connectivity index (χ0v) is 20.0. The quantitative estimate of drug-likeness (QED) is 0.391. The topological polar surface area (TPSA) is 108 Å². The molecule has 0 fully saturated rings. The molecule has 3 amide bonds. The summed E-state index contributed by atoms with van der Waals surface area (Å²) in [4.78, 5) is 34.8. The number of nitrogens with one attached hydrogen (secondary N) is 3. The Hall–Kier alpha value is -3.85. The van der Waals surface area contributed by atoms with Crippen LogP contribution in [0.5, 0.6) is 5.75 Å². The van der Waals surface area contributed by atoms with Crippen molar-refractivity contribution in [1.29, 1.82) is 0 Å². The average molecular weight is 483 g/mol. The lowest BCUT2D eigenvalue weighted by Gasteiger charge is -2.14. The summed E-state index contributed by atoms with van der Waals surface area (Å²) in [5.74, 6) is 0.634. The third-order valence-electron chi connectivity index (χ3n) is 4.72. The van der Waals surface area contributed by atoms with Crippen LogP contribution in [0.3, 0.4) is 0 Å². The number of rotatable bonds is 9. The summed E-state index contributed by atoms with van der Waals surface area (Å²) in [6.45, 7) is 2.58. The fraction of sp³-hybridized carbons (Fsp3) is 0.250. The number of hydrogen-bond acceptors (Lipinski definition) is 6. The van der Waals surface area contributed by atoms with Gasteiger partial charge in [-0.25, -0.2) is 9.78 Å². The number of anilines is 3. The van der Waals surface area contributed by atoms with Crippen molar-refractivity contribution in [3.8, 4) is 5.75 Å². The number of carbonyl (C=O) groups is 2. The number of aromatic nitrogens is 2. The summed E-state index contributed by atoms with van der Waals surface area (Å²) in [6.07, 6.45) is 3.60. The largest absolute Gasteiger partial charge is 0.491 e. The van der Waals surface area contributed by atoms with E-state index in [1.807, 2.05) is 31.1 Å². The maximum absolute atomic E-state index is 12.3. The Morgan fingerprint density at radius 3 is 2.47 bits per heavy atom. The average Bonchev–Trinajstić information content (AvgIpc) is 2.81. The van der Waals surface area contributed by atoms with E-state index < -0.39 is 6.03 Å². The number of ether oxygens (including phenoxy) is 1. The molecule has 2 aromatic carbocycles. The van der Waals surface area contributed by atoms with Gasteiger partial charge >= 0.3 is 6.03 Å². The van der Waals surface area contributed by atoms with Crippen LogP contribution in [0.4, 0.5) is 22.0 Å². The molecule has 1 heterocycles. The molecular formula is C24H27ClN6O3. The Morgan fingerprint density at radius 1 is 1.03 bits per heavy atom. The minimum absolute atomic E-state index is 0.143. The number of halogens is 1. The van der Waals surface area contributed by atoms with E-state index in [9.17, 15) is 9.59 Å². The SMILES string of the molecule is Cc1cnc(NC(=O)Nc2cc(Cl)ccc2OCCCNC(=O)c2ccc(N(C)C)cc2)cn1. The summed E-state index contributed by atoms with van der Waals surface area (Å²) >= 11 is 6.08. The third-order valence-corrected chi connectivity index (χ3v) is 4.96. The number of benzene rings is 2. The van der Waals surface area contributed by atoms with Crippen molar-refractivity contribution in [1.82, 2.24) is 15.3 Å². The molecule has 0 atom stereocenters. The Kier molecular flexibility index (Phi) is 8.64. The van der Waals surface area contributed by atoms with Crippen LogP contribution < -0.4 is 25.6 Å². The van der Waals surface area contributed by atoms with Crippen LogP contribution in [0.25, 0.3) is 0 Å². The number of amides is 3. The van der Waals surface area contributed by atoms with Crippen molar-refractivity contribution < 1.29 is 14.3 Å². The summed E-state index contributed by atoms with van der Waals surface area (Å²) in [5, 5.41) is 8.64. The highest BCUT2D eigenvalue weighted by Gasteiger charge is 2.11. The first-order valence-corrected chi connectivity index (χ1v) is 11.0. The number of aryl methyl sites for hydroxylation is 1. The van der Waals surface area contributed by atoms with Crippen molar-refractivity contribution in [2.75, 3.05) is 42.8 Å². The molecular weight excluding hydrogens is 456 g/mol. The Labute approximate surface area is 203 Å². The first-order chi connectivity index (χ1) is 16.3. The minimum Gasteiger partial charge on any atom is -0.491 e. The second-order valence-electron chi connectivity index (χ2n) is 7.66. The van der Waals surface area contributed by atoms with Crippen LogP contribution in [0.15, 0.2) is 54.9 Å². The molecule has 0 aliphatic rings. The first-order valence-electron chi connectivity index (χ1n) is 10.7. The zero-order valence-electron chi connectivity index (χ0n) is 19.3. The standard InChI is InChI=1S/C24H27ClN6O3/c1-16-14-28-22(15-27-16)30-24(33)29-20-13-18(25)7-10-21(20)34-12-4-11-26-23(32)17-5-8-19(9-6-17)31(2)3/h5-10,13-15H,4,11-12H2,1-3H3,(H,26,32)(H2,28,29,30,33). The lowest BCUT2D eigenvalue weighted by atomic mass is 10.2. The molecule has 9 nitrogen and oxygen atoms in total. The van der Waals surface area contributed by atoms with Gasteiger partial charge in [-0.05, 0) is 55.8 Å². The smallest absolute Gasteiger partial charge is 0.325 e. The molecule has 0 aliphatic heterocycles. The van der Waals surface area contributed by atoms with Gasteiger partial charge < -0.3 is 20.3 Å². The van der Waals surface area contributed by atoms with Gasteiger partial charge in [0.2, 0.25) is 0 Å². The van der Waals surface area contributed by atoms with E-state index in [0.717, 1.165) is 11.4 Å². The maximum Gasteiger partial charge on any atom is 0.325 e. The summed E-state index contributed by atoms with van der Waals surface area (Å²) in [5.41, 5.74) is 2.78. The number of carbonyl (C=O) groups excluding carboxylic acids is 2. The van der Waals surface area contributed by atoms with E-state index in [4.69, 9.17) is 16.3 Å². The number of nitrogens with zero attached hydrogens (tertiary/aromatic N) is 3. The van der Waals surface area contributed by atoms with E-state index in [-0.39, 0.29) is 5.91 Å². The highest BCUT2D eigenvalue weighted by molar-refractivity contribution is 6.31. The third kappa shape index (κ3) is 7.35. The second kappa shape index (κ2) is 11.9. The van der Waals surface area contributed by atoms with Gasteiger partial charge in [-0.1, -0.05) is 11.6 Å². The molecule has 3 aromatic rings. The monoisotopic (exact) mass is 482 g/mol. The molecule has 3 N–H and O–H groups in total.